The van der Waals surface area contributed by atoms with Crippen LogP contribution >= 0.6 is 0 Å². The molecule has 1 aliphatic rings. The maximum absolute atomic E-state index is 13.6. The molecule has 1 N–H and O–H groups in total. The van der Waals surface area contributed by atoms with Gasteiger partial charge in [0.1, 0.15) is 19.3 Å². The molecule has 0 fully saturated rings. The van der Waals surface area contributed by atoms with Crippen molar-refractivity contribution in [1.82, 2.24) is 10.2 Å². The van der Waals surface area contributed by atoms with Crippen LogP contribution in [0.5, 0.6) is 11.5 Å². The van der Waals surface area contributed by atoms with Gasteiger partial charge in [0.25, 0.3) is 0 Å². The number of benzene rings is 2. The predicted molar refractivity (Wildman–Crippen MR) is 153 cm³/mol. The highest BCUT2D eigenvalue weighted by molar-refractivity contribution is 7.92. The first kappa shape index (κ1) is 30.3. The highest BCUT2D eigenvalue weighted by Crippen LogP contribution is 2.34. The van der Waals surface area contributed by atoms with Gasteiger partial charge >= 0.3 is 0 Å². The lowest BCUT2D eigenvalue weighted by Gasteiger charge is -2.32. The molecule has 2 aromatic carbocycles. The topological polar surface area (TPSA) is 105 Å². The van der Waals surface area contributed by atoms with E-state index in [0.29, 0.717) is 43.4 Å². The summed E-state index contributed by atoms with van der Waals surface area (Å²) >= 11 is 0. The van der Waals surface area contributed by atoms with Crippen molar-refractivity contribution >= 4 is 27.5 Å². The number of amides is 2. The number of aryl methyl sites for hydroxylation is 1. The van der Waals surface area contributed by atoms with E-state index in [1.807, 2.05) is 52.0 Å². The van der Waals surface area contributed by atoms with E-state index in [1.54, 1.807) is 23.1 Å². The number of nitrogens with zero attached hydrogens (tertiary/aromatic N) is 2. The third kappa shape index (κ3) is 8.36. The van der Waals surface area contributed by atoms with Crippen molar-refractivity contribution in [3.63, 3.8) is 0 Å². The lowest BCUT2D eigenvalue weighted by atomic mass is 10.1. The van der Waals surface area contributed by atoms with Gasteiger partial charge < -0.3 is 19.7 Å². The van der Waals surface area contributed by atoms with Gasteiger partial charge in [0, 0.05) is 31.6 Å². The number of rotatable bonds is 13. The molecule has 2 atom stereocenters. The van der Waals surface area contributed by atoms with E-state index in [1.165, 1.54) is 4.31 Å². The van der Waals surface area contributed by atoms with Crippen molar-refractivity contribution in [2.24, 2.45) is 0 Å². The first-order valence-corrected chi connectivity index (χ1v) is 15.4. The highest BCUT2D eigenvalue weighted by atomic mass is 32.2. The summed E-state index contributed by atoms with van der Waals surface area (Å²) in [5.41, 5.74) is 2.49. The van der Waals surface area contributed by atoms with Crippen LogP contribution in [0.2, 0.25) is 0 Å². The Bertz CT molecular complexity index is 1230. The van der Waals surface area contributed by atoms with E-state index in [2.05, 4.69) is 5.32 Å². The molecule has 0 saturated heterocycles. The van der Waals surface area contributed by atoms with Crippen LogP contribution in [-0.2, 0) is 26.2 Å². The summed E-state index contributed by atoms with van der Waals surface area (Å²) in [5.74, 6) is 0.686. The molecule has 2 aromatic rings. The number of hydrogen-bond donors (Lipinski definition) is 1. The third-order valence-corrected chi connectivity index (χ3v) is 8.02. The molecule has 1 heterocycles. The fraction of sp³-hybridized carbons (Fsp3) is 0.517. The van der Waals surface area contributed by atoms with Gasteiger partial charge in [-0.3, -0.25) is 13.9 Å². The van der Waals surface area contributed by atoms with Gasteiger partial charge in [-0.05, 0) is 50.8 Å². The summed E-state index contributed by atoms with van der Waals surface area (Å²) in [6.07, 6.45) is 2.77. The van der Waals surface area contributed by atoms with Crippen LogP contribution in [0.4, 0.5) is 5.69 Å². The molecule has 1 aliphatic heterocycles. The molecule has 0 saturated carbocycles. The first-order valence-electron chi connectivity index (χ1n) is 13.6. The zero-order valence-corrected chi connectivity index (χ0v) is 24.4. The molecular formula is C29H41N3O6S. The van der Waals surface area contributed by atoms with Crippen molar-refractivity contribution < 1.29 is 27.5 Å². The fourth-order valence-corrected chi connectivity index (χ4v) is 5.40. The minimum absolute atomic E-state index is 0.00260. The lowest BCUT2D eigenvalue weighted by molar-refractivity contribution is -0.141. The predicted octanol–water partition coefficient (Wildman–Crippen LogP) is 4.03. The number of carbonyl (C=O) groups excluding carboxylic acids is 2. The van der Waals surface area contributed by atoms with Crippen molar-refractivity contribution in [2.45, 2.75) is 72.0 Å². The summed E-state index contributed by atoms with van der Waals surface area (Å²) in [5, 5.41) is 3.01. The summed E-state index contributed by atoms with van der Waals surface area (Å²) < 4.78 is 37.8. The number of fused-ring (bicyclic) bond motifs is 1. The standard InChI is InChI=1S/C29H41N3O6S/c1-6-22(4)30-29(34)25(7-2)31(20-23-12-10-21(3)11-13-23)28(33)9-8-16-32(39(5,35)36)24-14-15-26-27(19-24)38-18-17-37-26/h10-15,19,22,25H,6-9,16-18,20H2,1-5H3,(H,30,34). The number of ether oxygens (including phenoxy) is 2. The van der Waals surface area contributed by atoms with Gasteiger partial charge in [-0.25, -0.2) is 8.42 Å². The molecule has 10 heteroatoms. The van der Waals surface area contributed by atoms with Crippen LogP contribution in [0.1, 0.15) is 57.6 Å². The van der Waals surface area contributed by atoms with E-state index >= 15 is 0 Å². The molecule has 0 aliphatic carbocycles. The van der Waals surface area contributed by atoms with Crippen LogP contribution in [0.3, 0.4) is 0 Å². The average Bonchev–Trinajstić information content (AvgIpc) is 2.90. The van der Waals surface area contributed by atoms with E-state index in [0.717, 1.165) is 23.8 Å². The summed E-state index contributed by atoms with van der Waals surface area (Å²) in [6, 6.07) is 12.3. The Hall–Kier alpha value is -3.27. The van der Waals surface area contributed by atoms with Gasteiger partial charge in [0.15, 0.2) is 11.5 Å². The van der Waals surface area contributed by atoms with Gasteiger partial charge in [0.2, 0.25) is 21.8 Å². The Morgan fingerprint density at radius 2 is 1.67 bits per heavy atom. The molecule has 9 nitrogen and oxygen atoms in total. The molecule has 0 spiro atoms. The summed E-state index contributed by atoms with van der Waals surface area (Å²) in [7, 11) is -3.62. The lowest BCUT2D eigenvalue weighted by Crippen LogP contribution is -2.50. The van der Waals surface area contributed by atoms with Crippen LogP contribution < -0.4 is 19.1 Å². The van der Waals surface area contributed by atoms with Crippen molar-refractivity contribution in [2.75, 3.05) is 30.3 Å². The normalized spacial score (nSPS) is 14.3. The van der Waals surface area contributed by atoms with E-state index in [-0.39, 0.29) is 37.2 Å². The van der Waals surface area contributed by atoms with Gasteiger partial charge in [0.05, 0.1) is 11.9 Å². The van der Waals surface area contributed by atoms with E-state index in [9.17, 15) is 18.0 Å². The van der Waals surface area contributed by atoms with Gasteiger partial charge in [-0.15, -0.1) is 0 Å². The highest BCUT2D eigenvalue weighted by Gasteiger charge is 2.29. The number of anilines is 1. The quantitative estimate of drug-likeness (QED) is 0.397. The molecule has 2 unspecified atom stereocenters. The molecule has 214 valence electrons. The van der Waals surface area contributed by atoms with Crippen LogP contribution in [-0.4, -0.2) is 63.2 Å². The molecule has 3 rings (SSSR count). The van der Waals surface area contributed by atoms with Gasteiger partial charge in [-0.1, -0.05) is 43.7 Å². The maximum atomic E-state index is 13.6. The van der Waals surface area contributed by atoms with Crippen LogP contribution in [0.25, 0.3) is 0 Å². The molecular weight excluding hydrogens is 518 g/mol. The van der Waals surface area contributed by atoms with Crippen molar-refractivity contribution in [1.29, 1.82) is 0 Å². The first-order chi connectivity index (χ1) is 18.5. The smallest absolute Gasteiger partial charge is 0.243 e. The monoisotopic (exact) mass is 559 g/mol. The Morgan fingerprint density at radius 1 is 1.00 bits per heavy atom. The number of nitrogens with one attached hydrogen (secondary N) is 1. The Kier molecular flexibility index (Phi) is 10.6. The van der Waals surface area contributed by atoms with Crippen LogP contribution in [0, 0.1) is 6.92 Å². The fourth-order valence-electron chi connectivity index (χ4n) is 4.44. The van der Waals surface area contributed by atoms with Crippen LogP contribution in [0.15, 0.2) is 42.5 Å². The number of sulfonamides is 1. The second-order valence-corrected chi connectivity index (χ2v) is 11.9. The second kappa shape index (κ2) is 13.7. The molecule has 39 heavy (non-hydrogen) atoms. The average molecular weight is 560 g/mol. The Morgan fingerprint density at radius 3 is 2.28 bits per heavy atom. The third-order valence-electron chi connectivity index (χ3n) is 6.83. The number of hydrogen-bond acceptors (Lipinski definition) is 6. The molecule has 2 amide bonds. The SMILES string of the molecule is CCC(C)NC(=O)C(CC)N(Cc1ccc(C)cc1)C(=O)CCCN(c1ccc2c(c1)OCCO2)S(C)(=O)=O. The largest absolute Gasteiger partial charge is 0.486 e. The zero-order valence-electron chi connectivity index (χ0n) is 23.6. The number of carbonyl (C=O) groups is 2. The molecule has 0 radical (unpaired) electrons. The zero-order chi connectivity index (χ0) is 28.6. The second-order valence-electron chi connectivity index (χ2n) is 10.0. The van der Waals surface area contributed by atoms with Crippen molar-refractivity contribution in [3.8, 4) is 11.5 Å². The summed E-state index contributed by atoms with van der Waals surface area (Å²) in [6.45, 7) is 9.06. The van der Waals surface area contributed by atoms with E-state index in [4.69, 9.17) is 9.47 Å². The molecule has 0 bridgehead atoms. The molecule has 0 aromatic heterocycles. The minimum Gasteiger partial charge on any atom is -0.486 e. The van der Waals surface area contributed by atoms with Gasteiger partial charge in [-0.2, -0.15) is 0 Å². The van der Waals surface area contributed by atoms with Crippen molar-refractivity contribution in [3.05, 3.63) is 53.6 Å². The Balaban J connectivity index is 1.77. The summed E-state index contributed by atoms with van der Waals surface area (Å²) in [4.78, 5) is 28.3. The van der Waals surface area contributed by atoms with E-state index < -0.39 is 16.1 Å². The maximum Gasteiger partial charge on any atom is 0.243 e. The Labute approximate surface area is 232 Å². The minimum atomic E-state index is -3.62.